The van der Waals surface area contributed by atoms with Crippen LogP contribution in [0.2, 0.25) is 0 Å². The smallest absolute Gasteiger partial charge is 0.0205 e. The van der Waals surface area contributed by atoms with E-state index in [2.05, 4.69) is 80.7 Å². The summed E-state index contributed by atoms with van der Waals surface area (Å²) in [6, 6.07) is 19.5. The van der Waals surface area contributed by atoms with Crippen molar-refractivity contribution in [1.82, 2.24) is 5.32 Å². The van der Waals surface area contributed by atoms with Crippen molar-refractivity contribution >= 4 is 11.8 Å². The Kier molecular flexibility index (Phi) is 5.89. The van der Waals surface area contributed by atoms with Crippen LogP contribution >= 0.6 is 11.8 Å². The van der Waals surface area contributed by atoms with Gasteiger partial charge in [-0.25, -0.2) is 0 Å². The van der Waals surface area contributed by atoms with Gasteiger partial charge in [-0.3, -0.25) is 0 Å². The topological polar surface area (TPSA) is 12.0 Å². The molecule has 0 radical (unpaired) electrons. The molecule has 21 heavy (non-hydrogen) atoms. The third kappa shape index (κ3) is 5.56. The molecular formula is C19H25NS. The molecule has 112 valence electrons. The number of hydrogen-bond acceptors (Lipinski definition) is 2. The molecule has 0 saturated carbocycles. The number of rotatable bonds is 6. The van der Waals surface area contributed by atoms with Crippen molar-refractivity contribution in [2.75, 3.05) is 12.3 Å². The van der Waals surface area contributed by atoms with E-state index in [1.54, 1.807) is 0 Å². The molecule has 1 N–H and O–H groups in total. The molecule has 0 aliphatic heterocycles. The first-order valence-corrected chi connectivity index (χ1v) is 8.52. The summed E-state index contributed by atoms with van der Waals surface area (Å²) in [5.41, 5.74) is 2.98. The second-order valence-corrected chi connectivity index (χ2v) is 7.45. The SMILES string of the molecule is CC(C)(C)c1ccc(CNCCSc2ccccc2)cc1. The first kappa shape index (κ1) is 16.1. The highest BCUT2D eigenvalue weighted by atomic mass is 32.2. The van der Waals surface area contributed by atoms with E-state index in [4.69, 9.17) is 0 Å². The maximum atomic E-state index is 3.51. The van der Waals surface area contributed by atoms with Crippen LogP contribution in [0.1, 0.15) is 31.9 Å². The van der Waals surface area contributed by atoms with E-state index in [0.717, 1.165) is 18.8 Å². The highest BCUT2D eigenvalue weighted by molar-refractivity contribution is 7.99. The van der Waals surface area contributed by atoms with E-state index in [1.165, 1.54) is 16.0 Å². The molecule has 2 aromatic rings. The molecule has 0 bridgehead atoms. The first-order valence-electron chi connectivity index (χ1n) is 7.54. The van der Waals surface area contributed by atoms with Crippen LogP contribution in [0.25, 0.3) is 0 Å². The Balaban J connectivity index is 1.69. The summed E-state index contributed by atoms with van der Waals surface area (Å²) in [5, 5.41) is 3.51. The Morgan fingerprint density at radius 3 is 2.19 bits per heavy atom. The molecule has 0 heterocycles. The van der Waals surface area contributed by atoms with Crippen LogP contribution in [0.3, 0.4) is 0 Å². The summed E-state index contributed by atoms with van der Waals surface area (Å²) in [5.74, 6) is 1.10. The Labute approximate surface area is 133 Å². The fourth-order valence-corrected chi connectivity index (χ4v) is 2.94. The van der Waals surface area contributed by atoms with Gasteiger partial charge in [-0.1, -0.05) is 63.2 Å². The minimum absolute atomic E-state index is 0.234. The van der Waals surface area contributed by atoms with Gasteiger partial charge in [-0.05, 0) is 28.7 Å². The second kappa shape index (κ2) is 7.67. The van der Waals surface area contributed by atoms with Gasteiger partial charge in [0.25, 0.3) is 0 Å². The van der Waals surface area contributed by atoms with Gasteiger partial charge >= 0.3 is 0 Å². The van der Waals surface area contributed by atoms with E-state index in [0.29, 0.717) is 0 Å². The van der Waals surface area contributed by atoms with Crippen LogP contribution in [-0.2, 0) is 12.0 Å². The predicted molar refractivity (Wildman–Crippen MR) is 94.0 cm³/mol. The van der Waals surface area contributed by atoms with E-state index < -0.39 is 0 Å². The van der Waals surface area contributed by atoms with Crippen LogP contribution < -0.4 is 5.32 Å². The maximum Gasteiger partial charge on any atom is 0.0205 e. The number of benzene rings is 2. The molecule has 0 saturated heterocycles. The monoisotopic (exact) mass is 299 g/mol. The molecule has 0 amide bonds. The Hall–Kier alpha value is -1.25. The average molecular weight is 299 g/mol. The highest BCUT2D eigenvalue weighted by Gasteiger charge is 2.12. The Morgan fingerprint density at radius 2 is 1.57 bits per heavy atom. The van der Waals surface area contributed by atoms with Gasteiger partial charge in [0.15, 0.2) is 0 Å². The van der Waals surface area contributed by atoms with Gasteiger partial charge in [-0.2, -0.15) is 0 Å². The Bertz CT molecular complexity index is 526. The van der Waals surface area contributed by atoms with Crippen LogP contribution in [0.4, 0.5) is 0 Å². The molecule has 0 fully saturated rings. The van der Waals surface area contributed by atoms with E-state index in [1.807, 2.05) is 11.8 Å². The fraction of sp³-hybridized carbons (Fsp3) is 0.368. The second-order valence-electron chi connectivity index (χ2n) is 6.29. The third-order valence-electron chi connectivity index (χ3n) is 3.44. The first-order chi connectivity index (χ1) is 10.1. The van der Waals surface area contributed by atoms with Crippen molar-refractivity contribution in [2.45, 2.75) is 37.6 Å². The summed E-state index contributed by atoms with van der Waals surface area (Å²) in [7, 11) is 0. The fourth-order valence-electron chi connectivity index (χ4n) is 2.11. The van der Waals surface area contributed by atoms with Crippen molar-refractivity contribution in [2.24, 2.45) is 0 Å². The molecule has 0 aliphatic rings. The minimum atomic E-state index is 0.234. The van der Waals surface area contributed by atoms with E-state index in [9.17, 15) is 0 Å². The highest BCUT2D eigenvalue weighted by Crippen LogP contribution is 2.22. The lowest BCUT2D eigenvalue weighted by molar-refractivity contribution is 0.589. The molecule has 0 spiro atoms. The summed E-state index contributed by atoms with van der Waals surface area (Å²) in [6.07, 6.45) is 0. The van der Waals surface area contributed by atoms with Gasteiger partial charge in [-0.15, -0.1) is 11.8 Å². The quantitative estimate of drug-likeness (QED) is 0.603. The van der Waals surface area contributed by atoms with Crippen molar-refractivity contribution in [1.29, 1.82) is 0 Å². The lowest BCUT2D eigenvalue weighted by Crippen LogP contribution is -2.17. The largest absolute Gasteiger partial charge is 0.312 e. The lowest BCUT2D eigenvalue weighted by Gasteiger charge is -2.19. The lowest BCUT2D eigenvalue weighted by atomic mass is 9.87. The minimum Gasteiger partial charge on any atom is -0.312 e. The molecule has 0 aromatic heterocycles. The summed E-state index contributed by atoms with van der Waals surface area (Å²) >= 11 is 1.90. The van der Waals surface area contributed by atoms with Gasteiger partial charge in [0.05, 0.1) is 0 Å². The van der Waals surface area contributed by atoms with Crippen LogP contribution in [0.15, 0.2) is 59.5 Å². The summed E-state index contributed by atoms with van der Waals surface area (Å²) < 4.78 is 0. The third-order valence-corrected chi connectivity index (χ3v) is 4.45. The molecule has 2 rings (SSSR count). The van der Waals surface area contributed by atoms with Gasteiger partial charge in [0, 0.05) is 23.7 Å². The van der Waals surface area contributed by atoms with Crippen LogP contribution in [0, 0.1) is 0 Å². The zero-order valence-electron chi connectivity index (χ0n) is 13.2. The van der Waals surface area contributed by atoms with E-state index >= 15 is 0 Å². The van der Waals surface area contributed by atoms with Crippen molar-refractivity contribution < 1.29 is 0 Å². The van der Waals surface area contributed by atoms with Crippen LogP contribution in [-0.4, -0.2) is 12.3 Å². The van der Waals surface area contributed by atoms with Crippen LogP contribution in [0.5, 0.6) is 0 Å². The normalized spacial score (nSPS) is 11.6. The summed E-state index contributed by atoms with van der Waals surface area (Å²) in [4.78, 5) is 1.34. The van der Waals surface area contributed by atoms with Crippen molar-refractivity contribution in [3.8, 4) is 0 Å². The maximum absolute atomic E-state index is 3.51. The van der Waals surface area contributed by atoms with Gasteiger partial charge in [0.1, 0.15) is 0 Å². The summed E-state index contributed by atoms with van der Waals surface area (Å²) in [6.45, 7) is 8.73. The molecular weight excluding hydrogens is 274 g/mol. The van der Waals surface area contributed by atoms with Crippen molar-refractivity contribution in [3.63, 3.8) is 0 Å². The Morgan fingerprint density at radius 1 is 0.905 bits per heavy atom. The average Bonchev–Trinajstić information content (AvgIpc) is 2.47. The zero-order valence-corrected chi connectivity index (χ0v) is 14.0. The molecule has 0 atom stereocenters. The van der Waals surface area contributed by atoms with Gasteiger partial charge < -0.3 is 5.32 Å². The molecule has 0 unspecified atom stereocenters. The molecule has 2 heteroatoms. The van der Waals surface area contributed by atoms with Gasteiger partial charge in [0.2, 0.25) is 0 Å². The standard InChI is InChI=1S/C19H25NS/c1-19(2,3)17-11-9-16(10-12-17)15-20-13-14-21-18-7-5-4-6-8-18/h4-12,20H,13-15H2,1-3H3. The number of hydrogen-bond donors (Lipinski definition) is 1. The zero-order chi connectivity index (χ0) is 15.1. The predicted octanol–water partition coefficient (Wildman–Crippen LogP) is 4.87. The van der Waals surface area contributed by atoms with E-state index in [-0.39, 0.29) is 5.41 Å². The molecule has 1 nitrogen and oxygen atoms in total. The number of nitrogens with one attached hydrogen (secondary N) is 1. The molecule has 2 aromatic carbocycles. The molecule has 0 aliphatic carbocycles. The van der Waals surface area contributed by atoms with Crippen molar-refractivity contribution in [3.05, 3.63) is 65.7 Å². The number of thioether (sulfide) groups is 1.